The van der Waals surface area contributed by atoms with Crippen LogP contribution in [-0.4, -0.2) is 30.4 Å². The molecule has 1 heterocycles. The van der Waals surface area contributed by atoms with Crippen molar-refractivity contribution < 1.29 is 19.4 Å². The van der Waals surface area contributed by atoms with Crippen LogP contribution in [0.5, 0.6) is 5.75 Å². The van der Waals surface area contributed by atoms with Crippen molar-refractivity contribution >= 4 is 11.7 Å². The Morgan fingerprint density at radius 2 is 2.39 bits per heavy atom. The Morgan fingerprint density at radius 3 is 3.00 bits per heavy atom. The summed E-state index contributed by atoms with van der Waals surface area (Å²) in [5.74, 6) is -0.521. The summed E-state index contributed by atoms with van der Waals surface area (Å²) in [6, 6.07) is 3.20. The van der Waals surface area contributed by atoms with Crippen molar-refractivity contribution in [1.82, 2.24) is 0 Å². The number of carboxylic acid groups (broad SMARTS) is 1. The highest BCUT2D eigenvalue weighted by molar-refractivity contribution is 5.95. The maximum absolute atomic E-state index is 11.0. The van der Waals surface area contributed by atoms with E-state index in [0.29, 0.717) is 17.9 Å². The minimum atomic E-state index is -1.04. The van der Waals surface area contributed by atoms with Crippen molar-refractivity contribution in [3.63, 3.8) is 0 Å². The van der Waals surface area contributed by atoms with E-state index in [1.807, 2.05) is 0 Å². The van der Waals surface area contributed by atoms with Crippen LogP contribution in [0.15, 0.2) is 12.1 Å². The van der Waals surface area contributed by atoms with Crippen molar-refractivity contribution in [2.24, 2.45) is 0 Å². The van der Waals surface area contributed by atoms with Gasteiger partial charge in [0.05, 0.1) is 11.7 Å². The number of nitrogens with two attached hydrogens (primary N) is 1. The molecule has 0 spiro atoms. The van der Waals surface area contributed by atoms with Gasteiger partial charge in [-0.25, -0.2) is 4.79 Å². The first kappa shape index (κ1) is 12.7. The molecule has 3 N–H and O–H groups in total. The summed E-state index contributed by atoms with van der Waals surface area (Å²) in [5.41, 5.74) is 6.78. The zero-order chi connectivity index (χ0) is 13.1. The van der Waals surface area contributed by atoms with E-state index < -0.39 is 5.97 Å². The summed E-state index contributed by atoms with van der Waals surface area (Å²) < 4.78 is 11.0. The van der Waals surface area contributed by atoms with E-state index in [1.165, 1.54) is 6.07 Å². The molecule has 2 rings (SSSR count). The van der Waals surface area contributed by atoms with E-state index in [2.05, 4.69) is 0 Å². The fourth-order valence-electron chi connectivity index (χ4n) is 1.99. The molecule has 0 bridgehead atoms. The Labute approximate surface area is 106 Å². The molecule has 1 aromatic carbocycles. The molecular formula is C13H17NO4. The first-order valence-corrected chi connectivity index (χ1v) is 5.95. The zero-order valence-corrected chi connectivity index (χ0v) is 10.3. The summed E-state index contributed by atoms with van der Waals surface area (Å²) in [7, 11) is 0. The number of aromatic carboxylic acids is 1. The van der Waals surface area contributed by atoms with Gasteiger partial charge < -0.3 is 20.3 Å². The van der Waals surface area contributed by atoms with Crippen LogP contribution in [0.1, 0.15) is 28.8 Å². The highest BCUT2D eigenvalue weighted by Crippen LogP contribution is 2.25. The third kappa shape index (κ3) is 2.73. The largest absolute Gasteiger partial charge is 0.491 e. The molecule has 5 heteroatoms. The smallest absolute Gasteiger partial charge is 0.337 e. The van der Waals surface area contributed by atoms with Gasteiger partial charge in [0.15, 0.2) is 0 Å². The lowest BCUT2D eigenvalue weighted by Gasteiger charge is -2.13. The molecule has 18 heavy (non-hydrogen) atoms. The molecule has 0 radical (unpaired) electrons. The Bertz CT molecular complexity index is 453. The number of carboxylic acids is 1. The van der Waals surface area contributed by atoms with Crippen molar-refractivity contribution in [2.45, 2.75) is 25.9 Å². The van der Waals surface area contributed by atoms with Crippen LogP contribution >= 0.6 is 0 Å². The van der Waals surface area contributed by atoms with Gasteiger partial charge in [-0.3, -0.25) is 0 Å². The monoisotopic (exact) mass is 251 g/mol. The Hall–Kier alpha value is -1.75. The number of carbonyl (C=O) groups is 1. The molecule has 1 aliphatic rings. The number of hydrogen-bond donors (Lipinski definition) is 2. The van der Waals surface area contributed by atoms with Crippen LogP contribution in [0.4, 0.5) is 5.69 Å². The molecule has 1 atom stereocenters. The average molecular weight is 251 g/mol. The van der Waals surface area contributed by atoms with Gasteiger partial charge in [0, 0.05) is 12.3 Å². The third-order valence-electron chi connectivity index (χ3n) is 3.05. The number of rotatable bonds is 4. The van der Waals surface area contributed by atoms with Crippen molar-refractivity contribution in [2.75, 3.05) is 18.9 Å². The van der Waals surface area contributed by atoms with Gasteiger partial charge in [-0.15, -0.1) is 0 Å². The first-order valence-electron chi connectivity index (χ1n) is 5.95. The number of hydrogen-bond acceptors (Lipinski definition) is 4. The average Bonchev–Trinajstić information content (AvgIpc) is 2.83. The normalized spacial score (nSPS) is 18.8. The summed E-state index contributed by atoms with van der Waals surface area (Å²) in [4.78, 5) is 11.0. The second kappa shape index (κ2) is 5.27. The Morgan fingerprint density at radius 1 is 1.61 bits per heavy atom. The van der Waals surface area contributed by atoms with E-state index in [-0.39, 0.29) is 17.4 Å². The lowest BCUT2D eigenvalue weighted by atomic mass is 10.1. The van der Waals surface area contributed by atoms with Gasteiger partial charge in [0.1, 0.15) is 12.4 Å². The fourth-order valence-corrected chi connectivity index (χ4v) is 1.99. The topological polar surface area (TPSA) is 81.8 Å². The van der Waals surface area contributed by atoms with E-state index in [0.717, 1.165) is 19.4 Å². The van der Waals surface area contributed by atoms with Crippen LogP contribution in [0.3, 0.4) is 0 Å². The van der Waals surface area contributed by atoms with Crippen LogP contribution in [0.25, 0.3) is 0 Å². The van der Waals surface area contributed by atoms with Crippen LogP contribution in [0, 0.1) is 6.92 Å². The van der Waals surface area contributed by atoms with Gasteiger partial charge in [-0.05, 0) is 37.5 Å². The maximum atomic E-state index is 11.0. The molecule has 5 nitrogen and oxygen atoms in total. The SMILES string of the molecule is Cc1cc(OCC2CCCO2)cc(C(=O)O)c1N. The quantitative estimate of drug-likeness (QED) is 0.798. The van der Waals surface area contributed by atoms with Gasteiger partial charge in [0.2, 0.25) is 0 Å². The van der Waals surface area contributed by atoms with Gasteiger partial charge in [0.25, 0.3) is 0 Å². The van der Waals surface area contributed by atoms with Crippen molar-refractivity contribution in [3.05, 3.63) is 23.3 Å². The van der Waals surface area contributed by atoms with Crippen molar-refractivity contribution in [3.8, 4) is 5.75 Å². The lowest BCUT2D eigenvalue weighted by molar-refractivity contribution is 0.0672. The summed E-state index contributed by atoms with van der Waals surface area (Å²) in [6.45, 7) is 2.98. The van der Waals surface area contributed by atoms with Crippen molar-refractivity contribution in [1.29, 1.82) is 0 Å². The molecule has 0 aliphatic carbocycles. The van der Waals surface area contributed by atoms with Crippen LogP contribution in [0.2, 0.25) is 0 Å². The molecule has 1 saturated heterocycles. The van der Waals surface area contributed by atoms with Crippen LogP contribution in [-0.2, 0) is 4.74 Å². The highest BCUT2D eigenvalue weighted by Gasteiger charge is 2.17. The maximum Gasteiger partial charge on any atom is 0.337 e. The summed E-state index contributed by atoms with van der Waals surface area (Å²) in [5, 5.41) is 9.03. The molecular weight excluding hydrogens is 234 g/mol. The molecule has 0 amide bonds. The fraction of sp³-hybridized carbons (Fsp3) is 0.462. The molecule has 98 valence electrons. The predicted octanol–water partition coefficient (Wildman–Crippen LogP) is 1.83. The zero-order valence-electron chi connectivity index (χ0n) is 10.3. The number of benzene rings is 1. The number of anilines is 1. The molecule has 0 saturated carbocycles. The molecule has 0 aromatic heterocycles. The second-order valence-corrected chi connectivity index (χ2v) is 4.45. The van der Waals surface area contributed by atoms with Gasteiger partial charge >= 0.3 is 5.97 Å². The molecule has 1 unspecified atom stereocenters. The second-order valence-electron chi connectivity index (χ2n) is 4.45. The lowest BCUT2D eigenvalue weighted by Crippen LogP contribution is -2.16. The molecule has 1 aromatic rings. The highest BCUT2D eigenvalue weighted by atomic mass is 16.5. The molecule has 1 aliphatic heterocycles. The summed E-state index contributed by atoms with van der Waals surface area (Å²) in [6.07, 6.45) is 2.14. The van der Waals surface area contributed by atoms with Gasteiger partial charge in [-0.2, -0.15) is 0 Å². The standard InChI is InChI=1S/C13H17NO4/c1-8-5-10(6-11(12(8)14)13(15)16)18-7-9-3-2-4-17-9/h5-6,9H,2-4,7,14H2,1H3,(H,15,16). The minimum Gasteiger partial charge on any atom is -0.491 e. The Balaban J connectivity index is 2.10. The van der Waals surface area contributed by atoms with E-state index >= 15 is 0 Å². The number of ether oxygens (including phenoxy) is 2. The van der Waals surface area contributed by atoms with Gasteiger partial charge in [-0.1, -0.05) is 0 Å². The number of nitrogen functional groups attached to an aromatic ring is 1. The van der Waals surface area contributed by atoms with Crippen LogP contribution < -0.4 is 10.5 Å². The third-order valence-corrected chi connectivity index (χ3v) is 3.05. The summed E-state index contributed by atoms with van der Waals surface area (Å²) >= 11 is 0. The van der Waals surface area contributed by atoms with E-state index in [4.69, 9.17) is 20.3 Å². The number of aryl methyl sites for hydroxylation is 1. The molecule has 1 fully saturated rings. The van der Waals surface area contributed by atoms with E-state index in [1.54, 1.807) is 13.0 Å². The minimum absolute atomic E-state index is 0.0809. The Kier molecular flexibility index (Phi) is 3.72. The predicted molar refractivity (Wildman–Crippen MR) is 67.0 cm³/mol. The first-order chi connectivity index (χ1) is 8.58. The van der Waals surface area contributed by atoms with E-state index in [9.17, 15) is 4.79 Å².